The summed E-state index contributed by atoms with van der Waals surface area (Å²) in [5, 5.41) is 2.30. The van der Waals surface area contributed by atoms with E-state index in [1.165, 1.54) is 30.6 Å². The van der Waals surface area contributed by atoms with Crippen molar-refractivity contribution in [1.82, 2.24) is 9.97 Å². The third kappa shape index (κ3) is 4.12. The van der Waals surface area contributed by atoms with E-state index in [0.717, 1.165) is 32.0 Å². The van der Waals surface area contributed by atoms with Gasteiger partial charge in [-0.15, -0.1) is 0 Å². The number of carbonyl (C=O) groups is 1. The van der Waals surface area contributed by atoms with Gasteiger partial charge in [0.15, 0.2) is 0 Å². The fraction of sp³-hybridized carbons (Fsp3) is 0.389. The van der Waals surface area contributed by atoms with Gasteiger partial charge in [0.05, 0.1) is 11.3 Å². The van der Waals surface area contributed by atoms with E-state index in [1.807, 2.05) is 0 Å². The highest BCUT2D eigenvalue weighted by Gasteiger charge is 2.33. The van der Waals surface area contributed by atoms with Crippen molar-refractivity contribution in [3.63, 3.8) is 0 Å². The number of rotatable bonds is 3. The van der Waals surface area contributed by atoms with Gasteiger partial charge < -0.3 is 10.2 Å². The first-order valence-electron chi connectivity index (χ1n) is 8.39. The Balaban J connectivity index is 1.80. The van der Waals surface area contributed by atoms with Crippen molar-refractivity contribution < 1.29 is 18.0 Å². The number of nitrogens with one attached hydrogen (secondary N) is 1. The van der Waals surface area contributed by atoms with E-state index in [1.54, 1.807) is 0 Å². The number of hydrogen-bond donors (Lipinski definition) is 1. The number of aromatic nitrogens is 2. The van der Waals surface area contributed by atoms with Gasteiger partial charge in [-0.1, -0.05) is 19.1 Å². The molecule has 1 fully saturated rings. The van der Waals surface area contributed by atoms with E-state index in [0.29, 0.717) is 11.7 Å². The molecule has 0 radical (unpaired) electrons. The van der Waals surface area contributed by atoms with E-state index >= 15 is 0 Å². The number of carbonyl (C=O) groups excluding carboxylic acids is 1. The number of anilines is 2. The highest BCUT2D eigenvalue weighted by atomic mass is 19.4. The largest absolute Gasteiger partial charge is 0.418 e. The van der Waals surface area contributed by atoms with E-state index in [-0.39, 0.29) is 11.4 Å². The summed E-state index contributed by atoms with van der Waals surface area (Å²) < 4.78 is 39.2. The number of piperidine rings is 1. The highest BCUT2D eigenvalue weighted by molar-refractivity contribution is 6.03. The van der Waals surface area contributed by atoms with Crippen molar-refractivity contribution in [3.8, 4) is 0 Å². The second-order valence-electron chi connectivity index (χ2n) is 6.45. The first-order chi connectivity index (χ1) is 12.3. The molecule has 1 N–H and O–H groups in total. The van der Waals surface area contributed by atoms with Crippen molar-refractivity contribution in [2.75, 3.05) is 23.3 Å². The molecule has 0 aliphatic carbocycles. The maximum absolute atomic E-state index is 13.1. The average Bonchev–Trinajstić information content (AvgIpc) is 2.61. The molecule has 5 nitrogen and oxygen atoms in total. The summed E-state index contributed by atoms with van der Waals surface area (Å²) in [7, 11) is 0. The molecule has 2 heterocycles. The maximum atomic E-state index is 13.1. The Kier molecular flexibility index (Phi) is 5.11. The Morgan fingerprint density at radius 1 is 1.27 bits per heavy atom. The van der Waals surface area contributed by atoms with Gasteiger partial charge in [-0.05, 0) is 30.9 Å². The van der Waals surface area contributed by atoms with Crippen molar-refractivity contribution >= 4 is 17.4 Å². The van der Waals surface area contributed by atoms with Crippen LogP contribution in [0, 0.1) is 5.92 Å². The lowest BCUT2D eigenvalue weighted by Gasteiger charge is -2.31. The molecular formula is C18H19F3N4O. The maximum Gasteiger partial charge on any atom is 0.418 e. The molecule has 3 rings (SSSR count). The summed E-state index contributed by atoms with van der Waals surface area (Å²) in [6.45, 7) is 3.81. The molecular weight excluding hydrogens is 345 g/mol. The number of halogens is 3. The number of alkyl halides is 3. The van der Waals surface area contributed by atoms with Crippen LogP contribution < -0.4 is 10.2 Å². The quantitative estimate of drug-likeness (QED) is 0.895. The van der Waals surface area contributed by atoms with Crippen LogP contribution in [0.1, 0.15) is 35.8 Å². The molecule has 1 aromatic heterocycles. The zero-order valence-electron chi connectivity index (χ0n) is 14.3. The molecule has 1 aromatic carbocycles. The second-order valence-corrected chi connectivity index (χ2v) is 6.45. The fourth-order valence-corrected chi connectivity index (χ4v) is 3.07. The smallest absolute Gasteiger partial charge is 0.356 e. The molecule has 1 unspecified atom stereocenters. The van der Waals surface area contributed by atoms with Gasteiger partial charge in [0.2, 0.25) is 0 Å². The first-order valence-corrected chi connectivity index (χ1v) is 8.39. The normalized spacial score (nSPS) is 17.8. The van der Waals surface area contributed by atoms with Crippen LogP contribution in [0.4, 0.5) is 24.7 Å². The lowest BCUT2D eigenvalue weighted by molar-refractivity contribution is -0.136. The Hall–Kier alpha value is -2.64. The molecule has 2 aromatic rings. The zero-order valence-corrected chi connectivity index (χ0v) is 14.3. The van der Waals surface area contributed by atoms with Crippen LogP contribution in [-0.2, 0) is 6.18 Å². The van der Waals surface area contributed by atoms with Crippen molar-refractivity contribution in [1.29, 1.82) is 0 Å². The summed E-state index contributed by atoms with van der Waals surface area (Å²) in [5.74, 6) is 0.436. The van der Waals surface area contributed by atoms with Crippen LogP contribution >= 0.6 is 0 Å². The Morgan fingerprint density at radius 2 is 2.04 bits per heavy atom. The summed E-state index contributed by atoms with van der Waals surface area (Å²) in [4.78, 5) is 22.6. The average molecular weight is 364 g/mol. The number of benzene rings is 1. The Bertz CT molecular complexity index is 794. The number of para-hydroxylation sites is 1. The molecule has 26 heavy (non-hydrogen) atoms. The Morgan fingerprint density at radius 3 is 2.77 bits per heavy atom. The van der Waals surface area contributed by atoms with Crippen LogP contribution in [0.2, 0.25) is 0 Å². The molecule has 1 atom stereocenters. The molecule has 1 aliphatic rings. The topological polar surface area (TPSA) is 58.1 Å². The number of nitrogens with zero attached hydrogens (tertiary/aromatic N) is 3. The van der Waals surface area contributed by atoms with Crippen molar-refractivity contribution in [3.05, 3.63) is 47.9 Å². The molecule has 1 aliphatic heterocycles. The van der Waals surface area contributed by atoms with Crippen LogP contribution in [0.3, 0.4) is 0 Å². The minimum absolute atomic E-state index is 0.0326. The van der Waals surface area contributed by atoms with Crippen molar-refractivity contribution in [2.45, 2.75) is 25.9 Å². The standard InChI is InChI=1S/C18H19F3N4O/c1-12-5-4-8-25(10-12)16-9-15(22-11-23-16)17(26)24-14-7-3-2-6-13(14)18(19,20)21/h2-3,6-7,9,11-12H,4-5,8,10H2,1H3,(H,24,26). The Labute approximate surface area is 149 Å². The lowest BCUT2D eigenvalue weighted by atomic mass is 10.0. The minimum Gasteiger partial charge on any atom is -0.356 e. The minimum atomic E-state index is -4.55. The van der Waals surface area contributed by atoms with Gasteiger partial charge in [0.25, 0.3) is 5.91 Å². The van der Waals surface area contributed by atoms with Gasteiger partial charge in [0, 0.05) is 19.2 Å². The first kappa shape index (κ1) is 18.2. The molecule has 138 valence electrons. The predicted octanol–water partition coefficient (Wildman–Crippen LogP) is 3.98. The van der Waals surface area contributed by atoms with Gasteiger partial charge >= 0.3 is 6.18 Å². The van der Waals surface area contributed by atoms with E-state index in [2.05, 4.69) is 27.1 Å². The molecule has 1 amide bonds. The van der Waals surface area contributed by atoms with Crippen molar-refractivity contribution in [2.24, 2.45) is 5.92 Å². The molecule has 8 heteroatoms. The fourth-order valence-electron chi connectivity index (χ4n) is 3.07. The van der Waals surface area contributed by atoms with Crippen LogP contribution in [0.25, 0.3) is 0 Å². The van der Waals surface area contributed by atoms with Crippen LogP contribution in [-0.4, -0.2) is 29.0 Å². The third-order valence-corrected chi connectivity index (χ3v) is 4.35. The lowest BCUT2D eigenvalue weighted by Crippen LogP contribution is -2.35. The molecule has 0 spiro atoms. The van der Waals surface area contributed by atoms with Gasteiger partial charge in [-0.3, -0.25) is 4.79 Å². The SMILES string of the molecule is CC1CCCN(c2cc(C(=O)Nc3ccccc3C(F)(F)F)ncn2)C1. The monoisotopic (exact) mass is 364 g/mol. The summed E-state index contributed by atoms with van der Waals surface area (Å²) >= 11 is 0. The summed E-state index contributed by atoms with van der Waals surface area (Å²) in [5.41, 5.74) is -1.16. The third-order valence-electron chi connectivity index (χ3n) is 4.35. The predicted molar refractivity (Wildman–Crippen MR) is 92.0 cm³/mol. The van der Waals surface area contributed by atoms with Crippen LogP contribution in [0.15, 0.2) is 36.7 Å². The van der Waals surface area contributed by atoms with E-state index in [9.17, 15) is 18.0 Å². The second kappa shape index (κ2) is 7.31. The highest BCUT2D eigenvalue weighted by Crippen LogP contribution is 2.34. The number of amides is 1. The van der Waals surface area contributed by atoms with Gasteiger partial charge in [0.1, 0.15) is 17.8 Å². The van der Waals surface area contributed by atoms with E-state index in [4.69, 9.17) is 0 Å². The molecule has 1 saturated heterocycles. The van der Waals surface area contributed by atoms with Crippen LogP contribution in [0.5, 0.6) is 0 Å². The van der Waals surface area contributed by atoms with Gasteiger partial charge in [-0.25, -0.2) is 9.97 Å². The van der Waals surface area contributed by atoms with E-state index < -0.39 is 17.6 Å². The number of hydrogen-bond acceptors (Lipinski definition) is 4. The molecule has 0 saturated carbocycles. The summed E-state index contributed by atoms with van der Waals surface area (Å²) in [6.07, 6.45) is -1.11. The zero-order chi connectivity index (χ0) is 18.7. The summed E-state index contributed by atoms with van der Waals surface area (Å²) in [6, 6.07) is 6.37. The van der Waals surface area contributed by atoms with Gasteiger partial charge in [-0.2, -0.15) is 13.2 Å². The molecule has 0 bridgehead atoms.